The van der Waals surface area contributed by atoms with Gasteiger partial charge in [0.25, 0.3) is 0 Å². The van der Waals surface area contributed by atoms with Crippen LogP contribution in [0, 0.1) is 0 Å². The van der Waals surface area contributed by atoms with Crippen LogP contribution in [0.1, 0.15) is 59.5 Å². The van der Waals surface area contributed by atoms with Gasteiger partial charge in [-0.15, -0.1) is 0 Å². The summed E-state index contributed by atoms with van der Waals surface area (Å²) < 4.78 is 8.70. The summed E-state index contributed by atoms with van der Waals surface area (Å²) in [4.78, 5) is 11.8. The summed E-state index contributed by atoms with van der Waals surface area (Å²) in [5, 5.41) is 20.5. The van der Waals surface area contributed by atoms with Gasteiger partial charge < -0.3 is 19.5 Å². The molecule has 1 fully saturated rings. The highest BCUT2D eigenvalue weighted by molar-refractivity contribution is 5.99. The van der Waals surface area contributed by atoms with Crippen molar-refractivity contribution in [3.05, 3.63) is 77.4 Å². The van der Waals surface area contributed by atoms with Gasteiger partial charge in [0.15, 0.2) is 0 Å². The van der Waals surface area contributed by atoms with E-state index in [0.717, 1.165) is 51.7 Å². The molecule has 2 heterocycles. The Bertz CT molecular complexity index is 1430. The second kappa shape index (κ2) is 8.90. The topological polar surface area (TPSA) is 71.7 Å². The predicted molar refractivity (Wildman–Crippen MR) is 137 cm³/mol. The minimum atomic E-state index is -0.905. The minimum absolute atomic E-state index is 0.00427. The van der Waals surface area contributed by atoms with Gasteiger partial charge in [-0.25, -0.2) is 4.79 Å². The van der Waals surface area contributed by atoms with Gasteiger partial charge in [-0.1, -0.05) is 55.7 Å². The number of nitrogens with zero attached hydrogens (tertiary/aromatic N) is 1. The second-order valence-electron chi connectivity index (χ2n) is 9.68. The average Bonchev–Trinajstić information content (AvgIpc) is 3.09. The van der Waals surface area contributed by atoms with E-state index in [0.29, 0.717) is 24.6 Å². The lowest BCUT2D eigenvalue weighted by Crippen LogP contribution is -2.07. The highest BCUT2D eigenvalue weighted by Gasteiger charge is 2.30. The molecule has 0 spiro atoms. The average molecular weight is 468 g/mol. The number of hydrogen-bond donors (Lipinski definition) is 2. The first-order chi connectivity index (χ1) is 17.2. The first-order valence-electron chi connectivity index (χ1n) is 12.5. The Labute approximate surface area is 204 Å². The maximum atomic E-state index is 11.8. The van der Waals surface area contributed by atoms with E-state index in [1.807, 2.05) is 30.3 Å². The summed E-state index contributed by atoms with van der Waals surface area (Å²) in [6.07, 6.45) is 6.03. The number of carboxylic acid groups (broad SMARTS) is 1. The molecule has 1 aliphatic carbocycles. The molecule has 1 saturated carbocycles. The van der Waals surface area contributed by atoms with Crippen LogP contribution >= 0.6 is 0 Å². The van der Waals surface area contributed by atoms with E-state index in [2.05, 4.69) is 28.8 Å². The zero-order chi connectivity index (χ0) is 23.9. The summed E-state index contributed by atoms with van der Waals surface area (Å²) >= 11 is 0. The molecule has 4 aromatic rings. The molecule has 0 bridgehead atoms. The van der Waals surface area contributed by atoms with Crippen molar-refractivity contribution >= 4 is 16.9 Å². The van der Waals surface area contributed by atoms with Gasteiger partial charge in [0.05, 0.1) is 24.4 Å². The van der Waals surface area contributed by atoms with Gasteiger partial charge in [-0.2, -0.15) is 0 Å². The SMILES string of the molecule is O=C(O)c1ccc2c(C3CCCCC3)c3n(c2c1)CCOc1c(-c2cccc(CO)c2)cccc1-3. The largest absolute Gasteiger partial charge is 0.490 e. The van der Waals surface area contributed by atoms with Crippen LogP contribution in [0.15, 0.2) is 60.7 Å². The molecule has 0 atom stereocenters. The zero-order valence-corrected chi connectivity index (χ0v) is 19.7. The molecule has 1 aliphatic heterocycles. The molecule has 5 nitrogen and oxygen atoms in total. The molecule has 0 amide bonds. The third kappa shape index (κ3) is 3.71. The molecule has 178 valence electrons. The monoisotopic (exact) mass is 467 g/mol. The van der Waals surface area contributed by atoms with Crippen molar-refractivity contribution in [3.63, 3.8) is 0 Å². The van der Waals surface area contributed by atoms with Crippen molar-refractivity contribution in [2.24, 2.45) is 0 Å². The summed E-state index contributed by atoms with van der Waals surface area (Å²) in [6, 6.07) is 19.8. The smallest absolute Gasteiger partial charge is 0.335 e. The number of carboxylic acids is 1. The van der Waals surface area contributed by atoms with Crippen molar-refractivity contribution in [1.82, 2.24) is 4.57 Å². The summed E-state index contributed by atoms with van der Waals surface area (Å²) in [6.45, 7) is 1.16. The van der Waals surface area contributed by atoms with Crippen LogP contribution in [0.2, 0.25) is 0 Å². The molecular weight excluding hydrogens is 438 g/mol. The number of para-hydroxylation sites is 1. The van der Waals surface area contributed by atoms with E-state index in [9.17, 15) is 15.0 Å². The maximum Gasteiger partial charge on any atom is 0.335 e. The van der Waals surface area contributed by atoms with Crippen molar-refractivity contribution in [3.8, 4) is 28.1 Å². The third-order valence-corrected chi connectivity index (χ3v) is 7.62. The van der Waals surface area contributed by atoms with Gasteiger partial charge in [0, 0.05) is 22.0 Å². The molecule has 0 saturated heterocycles. The normalized spacial score (nSPS) is 15.8. The van der Waals surface area contributed by atoms with Crippen LogP contribution in [-0.2, 0) is 13.2 Å². The number of benzene rings is 3. The Morgan fingerprint density at radius 2 is 1.77 bits per heavy atom. The molecule has 2 aliphatic rings. The summed E-state index contributed by atoms with van der Waals surface area (Å²) in [5.41, 5.74) is 7.75. The van der Waals surface area contributed by atoms with Gasteiger partial charge in [-0.3, -0.25) is 0 Å². The van der Waals surface area contributed by atoms with Gasteiger partial charge in [-0.05, 0) is 59.7 Å². The molecule has 6 rings (SSSR count). The van der Waals surface area contributed by atoms with Crippen LogP contribution in [-0.4, -0.2) is 27.4 Å². The van der Waals surface area contributed by atoms with Gasteiger partial charge >= 0.3 is 5.97 Å². The number of fused-ring (bicyclic) bond motifs is 5. The number of rotatable bonds is 4. The fourth-order valence-electron chi connectivity index (χ4n) is 6.02. The molecule has 0 unspecified atom stereocenters. The van der Waals surface area contributed by atoms with Crippen molar-refractivity contribution in [2.75, 3.05) is 6.61 Å². The van der Waals surface area contributed by atoms with Crippen LogP contribution < -0.4 is 4.74 Å². The standard InChI is InChI=1S/C30H29NO4/c32-18-19-6-4-9-21(16-19)23-10-5-11-25-28-27(20-7-2-1-3-8-20)24-13-12-22(30(33)34)17-26(24)31(28)14-15-35-29(23)25/h4-6,9-13,16-17,20,32H,1-3,7-8,14-15,18H2,(H,33,34). The Kier molecular flexibility index (Phi) is 5.57. The molecular formula is C30H29NO4. The fourth-order valence-corrected chi connectivity index (χ4v) is 6.02. The van der Waals surface area contributed by atoms with Crippen molar-refractivity contribution < 1.29 is 19.7 Å². The van der Waals surface area contributed by atoms with E-state index >= 15 is 0 Å². The van der Waals surface area contributed by atoms with E-state index in [1.54, 1.807) is 6.07 Å². The quantitative estimate of drug-likeness (QED) is 0.354. The molecule has 0 radical (unpaired) electrons. The predicted octanol–water partition coefficient (Wildman–Crippen LogP) is 6.61. The lowest BCUT2D eigenvalue weighted by molar-refractivity contribution is 0.0697. The lowest BCUT2D eigenvalue weighted by Gasteiger charge is -2.24. The highest BCUT2D eigenvalue weighted by atomic mass is 16.5. The number of aromatic carboxylic acids is 1. The van der Waals surface area contributed by atoms with E-state index < -0.39 is 5.97 Å². The minimum Gasteiger partial charge on any atom is -0.490 e. The van der Waals surface area contributed by atoms with Crippen LogP contribution in [0.4, 0.5) is 0 Å². The lowest BCUT2D eigenvalue weighted by atomic mass is 9.81. The first kappa shape index (κ1) is 21.9. The maximum absolute atomic E-state index is 11.8. The Morgan fingerprint density at radius 3 is 2.57 bits per heavy atom. The van der Waals surface area contributed by atoms with Crippen LogP contribution in [0.25, 0.3) is 33.3 Å². The first-order valence-corrected chi connectivity index (χ1v) is 12.5. The number of aliphatic hydroxyl groups is 1. The van der Waals surface area contributed by atoms with Gasteiger partial charge in [0.2, 0.25) is 0 Å². The number of ether oxygens (including phenoxy) is 1. The van der Waals surface area contributed by atoms with Crippen LogP contribution in [0.3, 0.4) is 0 Å². The van der Waals surface area contributed by atoms with Crippen molar-refractivity contribution in [1.29, 1.82) is 0 Å². The molecule has 5 heteroatoms. The Morgan fingerprint density at radius 1 is 0.971 bits per heavy atom. The molecule has 2 N–H and O–H groups in total. The van der Waals surface area contributed by atoms with E-state index in [4.69, 9.17) is 4.74 Å². The number of aromatic nitrogens is 1. The second-order valence-corrected chi connectivity index (χ2v) is 9.68. The van der Waals surface area contributed by atoms with Crippen LogP contribution in [0.5, 0.6) is 5.75 Å². The number of hydrogen-bond acceptors (Lipinski definition) is 3. The number of aliphatic hydroxyl groups excluding tert-OH is 1. The third-order valence-electron chi connectivity index (χ3n) is 7.62. The molecule has 3 aromatic carbocycles. The summed E-state index contributed by atoms with van der Waals surface area (Å²) in [7, 11) is 0. The number of carbonyl (C=O) groups is 1. The summed E-state index contributed by atoms with van der Waals surface area (Å²) in [5.74, 6) is 0.406. The molecule has 35 heavy (non-hydrogen) atoms. The van der Waals surface area contributed by atoms with E-state index in [-0.39, 0.29) is 6.61 Å². The Balaban J connectivity index is 1.63. The Hall–Kier alpha value is -3.57. The molecule has 1 aromatic heterocycles. The van der Waals surface area contributed by atoms with E-state index in [1.165, 1.54) is 30.5 Å². The zero-order valence-electron chi connectivity index (χ0n) is 19.7. The van der Waals surface area contributed by atoms with Crippen molar-refractivity contribution in [2.45, 2.75) is 51.2 Å². The highest BCUT2D eigenvalue weighted by Crippen LogP contribution is 2.49. The fraction of sp³-hybridized carbons (Fsp3) is 0.300. The van der Waals surface area contributed by atoms with Gasteiger partial charge in [0.1, 0.15) is 12.4 Å².